The molecule has 0 saturated carbocycles. The highest BCUT2D eigenvalue weighted by molar-refractivity contribution is 5.77. The molecule has 0 aromatic carbocycles. The molecule has 88 valence electrons. The first kappa shape index (κ1) is 12.1. The molecule has 0 aliphatic carbocycles. The molecule has 8 nitrogen and oxygen atoms in total. The van der Waals surface area contributed by atoms with Crippen LogP contribution in [-0.4, -0.2) is 51.5 Å². The van der Waals surface area contributed by atoms with Crippen molar-refractivity contribution in [3.8, 4) is 0 Å². The Kier molecular flexibility index (Phi) is 4.40. The van der Waals surface area contributed by atoms with Crippen LogP contribution in [0.15, 0.2) is 12.7 Å². The van der Waals surface area contributed by atoms with Gasteiger partial charge in [0.2, 0.25) is 5.91 Å². The van der Waals surface area contributed by atoms with Crippen LogP contribution in [0.4, 0.5) is 0 Å². The van der Waals surface area contributed by atoms with Gasteiger partial charge in [0.1, 0.15) is 19.2 Å². The van der Waals surface area contributed by atoms with Crippen LogP contribution in [0.25, 0.3) is 0 Å². The number of amides is 1. The summed E-state index contributed by atoms with van der Waals surface area (Å²) in [5, 5.41) is 14.8. The molecule has 0 radical (unpaired) electrons. The number of aliphatic carboxylic acids is 1. The average molecular weight is 228 g/mol. The van der Waals surface area contributed by atoms with Gasteiger partial charge in [-0.2, -0.15) is 5.10 Å². The summed E-state index contributed by atoms with van der Waals surface area (Å²) in [7, 11) is 1.27. The minimum Gasteiger partial charge on any atom is -0.479 e. The second-order valence-corrected chi connectivity index (χ2v) is 2.96. The summed E-state index contributed by atoms with van der Waals surface area (Å²) in [6.45, 7) is -0.0879. The number of ether oxygens (including phenoxy) is 1. The zero-order valence-corrected chi connectivity index (χ0v) is 8.66. The molecule has 0 aliphatic heterocycles. The second kappa shape index (κ2) is 5.81. The molecule has 16 heavy (non-hydrogen) atoms. The predicted molar refractivity (Wildman–Crippen MR) is 51.5 cm³/mol. The van der Waals surface area contributed by atoms with Crippen molar-refractivity contribution in [2.24, 2.45) is 0 Å². The van der Waals surface area contributed by atoms with Crippen molar-refractivity contribution >= 4 is 11.9 Å². The number of hydrogen-bond donors (Lipinski definition) is 2. The van der Waals surface area contributed by atoms with Gasteiger partial charge >= 0.3 is 5.97 Å². The van der Waals surface area contributed by atoms with Crippen molar-refractivity contribution in [3.05, 3.63) is 12.7 Å². The molecule has 0 fully saturated rings. The molecular formula is C8H12N4O4. The first-order valence-corrected chi connectivity index (χ1v) is 4.48. The highest BCUT2D eigenvalue weighted by atomic mass is 16.5. The second-order valence-electron chi connectivity index (χ2n) is 2.96. The van der Waals surface area contributed by atoms with Gasteiger partial charge in [-0.25, -0.2) is 14.5 Å². The molecule has 2 N–H and O–H groups in total. The third-order valence-corrected chi connectivity index (χ3v) is 1.82. The smallest absolute Gasteiger partial charge is 0.334 e. The summed E-state index contributed by atoms with van der Waals surface area (Å²) in [6.07, 6.45) is 1.66. The monoisotopic (exact) mass is 228 g/mol. The van der Waals surface area contributed by atoms with Crippen molar-refractivity contribution in [1.29, 1.82) is 0 Å². The van der Waals surface area contributed by atoms with E-state index >= 15 is 0 Å². The van der Waals surface area contributed by atoms with Crippen LogP contribution < -0.4 is 5.32 Å². The van der Waals surface area contributed by atoms with Crippen LogP contribution in [0.1, 0.15) is 0 Å². The number of carboxylic acids is 1. The summed E-state index contributed by atoms with van der Waals surface area (Å²) < 4.78 is 5.98. The number of carbonyl (C=O) groups is 2. The standard InChI is InChI=1S/C8H12N4O4/c1-16-6(8(14)15)2-10-7(13)3-12-5-9-4-11-12/h4-6H,2-3H2,1H3,(H,10,13)(H,14,15). The van der Waals surface area contributed by atoms with Gasteiger partial charge in [0.25, 0.3) is 0 Å². The number of hydrogen-bond acceptors (Lipinski definition) is 5. The van der Waals surface area contributed by atoms with E-state index in [1.165, 1.54) is 24.4 Å². The molecule has 1 atom stereocenters. The van der Waals surface area contributed by atoms with Gasteiger partial charge in [-0.3, -0.25) is 4.79 Å². The number of rotatable bonds is 6. The maximum absolute atomic E-state index is 11.3. The molecule has 0 spiro atoms. The normalized spacial score (nSPS) is 12.1. The van der Waals surface area contributed by atoms with Crippen LogP contribution in [0.5, 0.6) is 0 Å². The average Bonchev–Trinajstić information content (AvgIpc) is 2.70. The highest BCUT2D eigenvalue weighted by Gasteiger charge is 2.17. The Hall–Kier alpha value is -1.96. The van der Waals surface area contributed by atoms with Crippen molar-refractivity contribution < 1.29 is 19.4 Å². The molecule has 1 heterocycles. The topological polar surface area (TPSA) is 106 Å². The molecule has 0 saturated heterocycles. The lowest BCUT2D eigenvalue weighted by atomic mass is 10.3. The first-order chi connectivity index (χ1) is 7.63. The van der Waals surface area contributed by atoms with E-state index in [1.807, 2.05) is 0 Å². The summed E-state index contributed by atoms with van der Waals surface area (Å²) in [4.78, 5) is 25.5. The lowest BCUT2D eigenvalue weighted by molar-refractivity contribution is -0.148. The molecule has 1 aromatic rings. The first-order valence-electron chi connectivity index (χ1n) is 4.48. The van der Waals surface area contributed by atoms with Gasteiger partial charge in [-0.1, -0.05) is 0 Å². The molecule has 1 rings (SSSR count). The van der Waals surface area contributed by atoms with Gasteiger partial charge < -0.3 is 15.2 Å². The molecule has 0 aliphatic rings. The highest BCUT2D eigenvalue weighted by Crippen LogP contribution is 1.88. The van der Waals surface area contributed by atoms with Gasteiger partial charge in [-0.05, 0) is 0 Å². The predicted octanol–water partition coefficient (Wildman–Crippen LogP) is -1.51. The SMILES string of the molecule is COC(CNC(=O)Cn1cncn1)C(=O)O. The van der Waals surface area contributed by atoms with Crippen molar-refractivity contribution in [1.82, 2.24) is 20.1 Å². The number of aromatic nitrogens is 3. The van der Waals surface area contributed by atoms with Crippen LogP contribution in [0.2, 0.25) is 0 Å². The molecule has 1 aromatic heterocycles. The summed E-state index contributed by atoms with van der Waals surface area (Å²) in [6, 6.07) is 0. The fourth-order valence-electron chi connectivity index (χ4n) is 0.995. The van der Waals surface area contributed by atoms with Gasteiger partial charge in [0.05, 0.1) is 6.54 Å². The Morgan fingerprint density at radius 1 is 1.62 bits per heavy atom. The third-order valence-electron chi connectivity index (χ3n) is 1.82. The zero-order chi connectivity index (χ0) is 12.0. The van der Waals surface area contributed by atoms with Crippen molar-refractivity contribution in [3.63, 3.8) is 0 Å². The van der Waals surface area contributed by atoms with E-state index in [0.29, 0.717) is 0 Å². The van der Waals surface area contributed by atoms with E-state index in [-0.39, 0.29) is 19.0 Å². The van der Waals surface area contributed by atoms with E-state index in [0.717, 1.165) is 0 Å². The maximum Gasteiger partial charge on any atom is 0.334 e. The largest absolute Gasteiger partial charge is 0.479 e. The van der Waals surface area contributed by atoms with E-state index in [4.69, 9.17) is 5.11 Å². The van der Waals surface area contributed by atoms with Crippen LogP contribution >= 0.6 is 0 Å². The lowest BCUT2D eigenvalue weighted by Crippen LogP contribution is -2.39. The summed E-state index contributed by atoms with van der Waals surface area (Å²) >= 11 is 0. The van der Waals surface area contributed by atoms with E-state index in [9.17, 15) is 9.59 Å². The summed E-state index contributed by atoms with van der Waals surface area (Å²) in [5.74, 6) is -1.47. The molecule has 0 bridgehead atoms. The van der Waals surface area contributed by atoms with Gasteiger partial charge in [-0.15, -0.1) is 0 Å². The Balaban J connectivity index is 2.32. The fourth-order valence-corrected chi connectivity index (χ4v) is 0.995. The van der Waals surface area contributed by atoms with Crippen molar-refractivity contribution in [2.45, 2.75) is 12.6 Å². The minimum atomic E-state index is -1.12. The van der Waals surface area contributed by atoms with Crippen molar-refractivity contribution in [2.75, 3.05) is 13.7 Å². The van der Waals surface area contributed by atoms with E-state index < -0.39 is 12.1 Å². The van der Waals surface area contributed by atoms with Crippen LogP contribution in [0, 0.1) is 0 Å². The van der Waals surface area contributed by atoms with E-state index in [1.54, 1.807) is 0 Å². The van der Waals surface area contributed by atoms with Crippen LogP contribution in [-0.2, 0) is 20.9 Å². The minimum absolute atomic E-state index is 0.00392. The number of carboxylic acid groups (broad SMARTS) is 1. The van der Waals surface area contributed by atoms with E-state index in [2.05, 4.69) is 20.1 Å². The Morgan fingerprint density at radius 2 is 2.38 bits per heavy atom. The van der Waals surface area contributed by atoms with Crippen LogP contribution in [0.3, 0.4) is 0 Å². The Morgan fingerprint density at radius 3 is 2.88 bits per heavy atom. The van der Waals surface area contributed by atoms with Gasteiger partial charge in [0.15, 0.2) is 6.10 Å². The molecule has 1 unspecified atom stereocenters. The lowest BCUT2D eigenvalue weighted by Gasteiger charge is -2.11. The third kappa shape index (κ3) is 3.65. The number of nitrogens with zero attached hydrogens (tertiary/aromatic N) is 3. The molecule has 1 amide bonds. The van der Waals surface area contributed by atoms with Gasteiger partial charge in [0, 0.05) is 7.11 Å². The maximum atomic E-state index is 11.3. The quantitative estimate of drug-likeness (QED) is 0.613. The Bertz CT molecular complexity index is 351. The molecule has 8 heteroatoms. The zero-order valence-electron chi connectivity index (χ0n) is 8.66. The number of carbonyl (C=O) groups excluding carboxylic acids is 1. The fraction of sp³-hybridized carbons (Fsp3) is 0.500. The summed E-state index contributed by atoms with van der Waals surface area (Å²) in [5.41, 5.74) is 0. The number of methoxy groups -OCH3 is 1. The number of nitrogens with one attached hydrogen (secondary N) is 1. The Labute approximate surface area is 91.2 Å². The molecular weight excluding hydrogens is 216 g/mol.